The second-order valence-electron chi connectivity index (χ2n) is 8.53. The van der Waals surface area contributed by atoms with E-state index < -0.39 is 0 Å². The molecule has 0 saturated heterocycles. The number of hydrogen-bond donors (Lipinski definition) is 2. The molecule has 2 amide bonds. The third-order valence-corrected chi connectivity index (χ3v) is 6.22. The van der Waals surface area contributed by atoms with Crippen molar-refractivity contribution in [3.63, 3.8) is 0 Å². The Kier molecular flexibility index (Phi) is 5.95. The van der Waals surface area contributed by atoms with Gasteiger partial charge in [0.1, 0.15) is 5.75 Å². The average molecular weight is 452 g/mol. The Morgan fingerprint density at radius 3 is 2.68 bits per heavy atom. The molecule has 5 rings (SSSR count). The summed E-state index contributed by atoms with van der Waals surface area (Å²) >= 11 is 0. The Labute approximate surface area is 198 Å². The number of fused-ring (bicyclic) bond motifs is 1. The molecule has 0 aliphatic heterocycles. The summed E-state index contributed by atoms with van der Waals surface area (Å²) in [5.41, 5.74) is 3.39. The van der Waals surface area contributed by atoms with E-state index in [0.717, 1.165) is 39.8 Å². The van der Waals surface area contributed by atoms with E-state index >= 15 is 0 Å². The number of methoxy groups -OCH3 is 1. The molecule has 1 aliphatic rings. The highest BCUT2D eigenvalue weighted by Gasteiger charge is 2.44. The Morgan fingerprint density at radius 2 is 1.85 bits per heavy atom. The van der Waals surface area contributed by atoms with E-state index in [1.54, 1.807) is 25.6 Å². The topological polar surface area (TPSA) is 80.3 Å². The normalized spacial score (nSPS) is 16.6. The molecule has 1 aromatic heterocycles. The van der Waals surface area contributed by atoms with Crippen molar-refractivity contribution in [2.45, 2.75) is 18.9 Å². The van der Waals surface area contributed by atoms with E-state index in [4.69, 9.17) is 4.74 Å². The molecule has 2 N–H and O–H groups in total. The molecule has 0 unspecified atom stereocenters. The summed E-state index contributed by atoms with van der Waals surface area (Å²) in [4.78, 5) is 29.6. The van der Waals surface area contributed by atoms with Gasteiger partial charge in [-0.05, 0) is 71.3 Å². The van der Waals surface area contributed by atoms with Crippen molar-refractivity contribution in [3.8, 4) is 5.75 Å². The van der Waals surface area contributed by atoms with Crippen molar-refractivity contribution in [1.29, 1.82) is 0 Å². The molecule has 4 aromatic rings. The number of benzene rings is 3. The Bertz CT molecular complexity index is 1350. The van der Waals surface area contributed by atoms with Gasteiger partial charge < -0.3 is 15.4 Å². The predicted molar refractivity (Wildman–Crippen MR) is 132 cm³/mol. The molecule has 0 radical (unpaired) electrons. The van der Waals surface area contributed by atoms with Crippen molar-refractivity contribution in [1.82, 2.24) is 10.3 Å². The van der Waals surface area contributed by atoms with E-state index in [0.29, 0.717) is 12.1 Å². The van der Waals surface area contributed by atoms with Crippen molar-refractivity contribution >= 4 is 28.3 Å². The standard InChI is InChI=1S/C28H25N3O3/c1-34-24-9-5-18(6-10-24)16-30-27(32)21-4-2-3-20(13-21)25-15-26(25)28(33)31-23-8-7-22-17-29-12-11-19(22)14-23/h2-14,17,25-26H,15-16H2,1H3,(H,30,32)(H,31,33)/t25-,26+/m0/s1. The van der Waals surface area contributed by atoms with E-state index in [2.05, 4.69) is 15.6 Å². The largest absolute Gasteiger partial charge is 0.497 e. The maximum atomic E-state index is 12.8. The second kappa shape index (κ2) is 9.35. The minimum atomic E-state index is -0.134. The minimum absolute atomic E-state index is 0.00719. The molecule has 1 saturated carbocycles. The summed E-state index contributed by atoms with van der Waals surface area (Å²) in [6.45, 7) is 0.434. The van der Waals surface area contributed by atoms with Gasteiger partial charge in [0.15, 0.2) is 0 Å². The van der Waals surface area contributed by atoms with Crippen LogP contribution in [0.5, 0.6) is 5.75 Å². The highest BCUT2D eigenvalue weighted by atomic mass is 16.5. The van der Waals surface area contributed by atoms with Crippen LogP contribution in [0.1, 0.15) is 33.8 Å². The van der Waals surface area contributed by atoms with Gasteiger partial charge in [0.25, 0.3) is 5.91 Å². The fourth-order valence-electron chi connectivity index (χ4n) is 4.19. The van der Waals surface area contributed by atoms with Crippen molar-refractivity contribution < 1.29 is 14.3 Å². The van der Waals surface area contributed by atoms with Crippen LogP contribution in [0.2, 0.25) is 0 Å². The Balaban J connectivity index is 1.19. The lowest BCUT2D eigenvalue weighted by atomic mass is 10.0. The first kappa shape index (κ1) is 21.6. The third-order valence-electron chi connectivity index (χ3n) is 6.22. The first-order valence-corrected chi connectivity index (χ1v) is 11.3. The fraction of sp³-hybridized carbons (Fsp3) is 0.179. The number of pyridine rings is 1. The van der Waals surface area contributed by atoms with Crippen LogP contribution in [0.3, 0.4) is 0 Å². The van der Waals surface area contributed by atoms with Gasteiger partial charge in [-0.25, -0.2) is 0 Å². The lowest BCUT2D eigenvalue weighted by Gasteiger charge is -2.09. The molecule has 2 atom stereocenters. The summed E-state index contributed by atoms with van der Waals surface area (Å²) in [5, 5.41) is 8.06. The summed E-state index contributed by atoms with van der Waals surface area (Å²) in [6, 6.07) is 22.9. The van der Waals surface area contributed by atoms with Crippen molar-refractivity contribution in [2.75, 3.05) is 12.4 Å². The van der Waals surface area contributed by atoms with Crippen LogP contribution in [0.4, 0.5) is 5.69 Å². The molecular formula is C28H25N3O3. The molecule has 1 aliphatic carbocycles. The minimum Gasteiger partial charge on any atom is -0.497 e. The monoisotopic (exact) mass is 451 g/mol. The third kappa shape index (κ3) is 4.76. The van der Waals surface area contributed by atoms with Crippen LogP contribution in [0.25, 0.3) is 10.8 Å². The second-order valence-corrected chi connectivity index (χ2v) is 8.53. The highest BCUT2D eigenvalue weighted by Crippen LogP contribution is 2.48. The molecule has 6 heteroatoms. The SMILES string of the molecule is COc1ccc(CNC(=O)c2cccc([C@@H]3C[C@H]3C(=O)Nc3ccc4cnccc4c3)c2)cc1. The maximum absolute atomic E-state index is 12.8. The molecule has 0 spiro atoms. The van der Waals surface area contributed by atoms with Gasteiger partial charge in [-0.1, -0.05) is 30.3 Å². The zero-order valence-corrected chi connectivity index (χ0v) is 18.8. The quantitative estimate of drug-likeness (QED) is 0.418. The first-order chi connectivity index (χ1) is 16.6. The number of rotatable bonds is 7. The number of amides is 2. The summed E-state index contributed by atoms with van der Waals surface area (Å²) in [5.74, 6) is 0.686. The first-order valence-electron chi connectivity index (χ1n) is 11.3. The lowest BCUT2D eigenvalue weighted by molar-refractivity contribution is -0.117. The van der Waals surface area contributed by atoms with Crippen LogP contribution < -0.4 is 15.4 Å². The van der Waals surface area contributed by atoms with Gasteiger partial charge in [-0.2, -0.15) is 0 Å². The van der Waals surface area contributed by atoms with Gasteiger partial charge in [-0.15, -0.1) is 0 Å². The highest BCUT2D eigenvalue weighted by molar-refractivity contribution is 5.98. The summed E-state index contributed by atoms with van der Waals surface area (Å²) in [7, 11) is 1.62. The van der Waals surface area contributed by atoms with Gasteiger partial charge in [-0.3, -0.25) is 14.6 Å². The molecule has 34 heavy (non-hydrogen) atoms. The van der Waals surface area contributed by atoms with E-state index in [-0.39, 0.29) is 23.7 Å². The van der Waals surface area contributed by atoms with Crippen molar-refractivity contribution in [2.24, 2.45) is 5.92 Å². The molecule has 0 bridgehead atoms. The number of ether oxygens (including phenoxy) is 1. The molecule has 170 valence electrons. The number of carbonyl (C=O) groups is 2. The smallest absolute Gasteiger partial charge is 0.251 e. The van der Waals surface area contributed by atoms with E-state index in [1.807, 2.05) is 66.7 Å². The molecule has 6 nitrogen and oxygen atoms in total. The Hall–Kier alpha value is -4.19. The number of nitrogens with one attached hydrogen (secondary N) is 2. The average Bonchev–Trinajstić information content (AvgIpc) is 3.69. The van der Waals surface area contributed by atoms with Crippen LogP contribution >= 0.6 is 0 Å². The molecular weight excluding hydrogens is 426 g/mol. The van der Waals surface area contributed by atoms with Crippen molar-refractivity contribution in [3.05, 3.63) is 102 Å². The van der Waals surface area contributed by atoms with Crippen LogP contribution in [-0.2, 0) is 11.3 Å². The molecule has 1 fully saturated rings. The molecule has 1 heterocycles. The van der Waals surface area contributed by atoms with E-state index in [9.17, 15) is 9.59 Å². The number of hydrogen-bond acceptors (Lipinski definition) is 4. The van der Waals surface area contributed by atoms with Crippen LogP contribution in [0, 0.1) is 5.92 Å². The zero-order valence-electron chi connectivity index (χ0n) is 18.8. The van der Waals surface area contributed by atoms with E-state index in [1.165, 1.54) is 0 Å². The van der Waals surface area contributed by atoms with Crippen LogP contribution in [0.15, 0.2) is 85.2 Å². The zero-order chi connectivity index (χ0) is 23.5. The van der Waals surface area contributed by atoms with Gasteiger partial charge in [0.05, 0.1) is 7.11 Å². The predicted octanol–water partition coefficient (Wildman–Crippen LogP) is 4.92. The summed E-state index contributed by atoms with van der Waals surface area (Å²) in [6.07, 6.45) is 4.32. The number of aromatic nitrogens is 1. The number of carbonyl (C=O) groups excluding carboxylic acids is 2. The van der Waals surface area contributed by atoms with Gasteiger partial charge in [0.2, 0.25) is 5.91 Å². The van der Waals surface area contributed by atoms with Gasteiger partial charge >= 0.3 is 0 Å². The fourth-order valence-corrected chi connectivity index (χ4v) is 4.19. The Morgan fingerprint density at radius 1 is 1.00 bits per heavy atom. The van der Waals surface area contributed by atoms with Crippen LogP contribution in [-0.4, -0.2) is 23.9 Å². The molecule has 3 aromatic carbocycles. The maximum Gasteiger partial charge on any atom is 0.251 e. The summed E-state index contributed by atoms with van der Waals surface area (Å²) < 4.78 is 5.16. The number of nitrogens with zero attached hydrogens (tertiary/aromatic N) is 1. The number of anilines is 1. The lowest BCUT2D eigenvalue weighted by Crippen LogP contribution is -2.22. The van der Waals surface area contributed by atoms with Gasteiger partial charge in [0, 0.05) is 41.5 Å².